The van der Waals surface area contributed by atoms with Crippen molar-refractivity contribution in [1.29, 1.82) is 0 Å². The van der Waals surface area contributed by atoms with Gasteiger partial charge >= 0.3 is 0 Å². The van der Waals surface area contributed by atoms with Gasteiger partial charge in [0.15, 0.2) is 0 Å². The number of benzene rings is 2. The fourth-order valence-electron chi connectivity index (χ4n) is 3.32. The van der Waals surface area contributed by atoms with Crippen LogP contribution in [0.5, 0.6) is 5.75 Å². The van der Waals surface area contributed by atoms with Crippen molar-refractivity contribution < 1.29 is 14.7 Å². The topological polar surface area (TPSA) is 121 Å². The molecule has 4 aromatic rings. The first-order chi connectivity index (χ1) is 15.0. The monoisotopic (exact) mass is 412 g/mol. The summed E-state index contributed by atoms with van der Waals surface area (Å²) < 4.78 is 0. The third-order valence-electron chi connectivity index (χ3n) is 4.76. The summed E-state index contributed by atoms with van der Waals surface area (Å²) in [4.78, 5) is 31.8. The summed E-state index contributed by atoms with van der Waals surface area (Å²) in [6.07, 6.45) is 3.58. The summed E-state index contributed by atoms with van der Waals surface area (Å²) in [6.45, 7) is 0. The van der Waals surface area contributed by atoms with E-state index in [0.717, 1.165) is 16.5 Å². The highest BCUT2D eigenvalue weighted by atomic mass is 16.3. The fraction of sp³-hybridized carbons (Fsp3) is 0.0417. The summed E-state index contributed by atoms with van der Waals surface area (Å²) in [6, 6.07) is 19.3. The highest BCUT2D eigenvalue weighted by molar-refractivity contribution is 6.24. The van der Waals surface area contributed by atoms with Crippen LogP contribution in [0.4, 0.5) is 5.82 Å². The number of fused-ring (bicyclic) bond motifs is 1. The minimum Gasteiger partial charge on any atom is -0.508 e. The van der Waals surface area contributed by atoms with Gasteiger partial charge in [-0.15, -0.1) is 0 Å². The average molecular weight is 412 g/mol. The predicted octanol–water partition coefficient (Wildman–Crippen LogP) is 3.48. The molecule has 2 heterocycles. The van der Waals surface area contributed by atoms with Gasteiger partial charge in [0.1, 0.15) is 17.2 Å². The largest absolute Gasteiger partial charge is 0.508 e. The summed E-state index contributed by atoms with van der Waals surface area (Å²) in [7, 11) is 0. The van der Waals surface area contributed by atoms with Crippen molar-refractivity contribution in [2.45, 2.75) is 6.42 Å². The van der Waals surface area contributed by atoms with Crippen LogP contribution >= 0.6 is 0 Å². The highest BCUT2D eigenvalue weighted by Gasteiger charge is 2.12. The zero-order valence-electron chi connectivity index (χ0n) is 16.5. The molecule has 0 saturated heterocycles. The van der Waals surface area contributed by atoms with Gasteiger partial charge in [-0.25, -0.2) is 4.98 Å². The highest BCUT2D eigenvalue weighted by Crippen LogP contribution is 2.24. The molecule has 4 rings (SSSR count). The first kappa shape index (κ1) is 19.9. The van der Waals surface area contributed by atoms with Crippen LogP contribution in [0.2, 0.25) is 0 Å². The fourth-order valence-corrected chi connectivity index (χ4v) is 3.32. The molecule has 31 heavy (non-hydrogen) atoms. The van der Waals surface area contributed by atoms with E-state index < -0.39 is 5.91 Å². The van der Waals surface area contributed by atoms with Crippen molar-refractivity contribution >= 4 is 40.3 Å². The number of aromatic hydroxyl groups is 1. The Morgan fingerprint density at radius 1 is 1.06 bits per heavy atom. The Hall–Kier alpha value is -4.39. The van der Waals surface area contributed by atoms with Crippen molar-refractivity contribution in [3.8, 4) is 5.75 Å². The van der Waals surface area contributed by atoms with E-state index in [1.54, 1.807) is 42.6 Å². The Balaban J connectivity index is 1.56. The maximum Gasteiger partial charge on any atom is 0.249 e. The van der Waals surface area contributed by atoms with Crippen molar-refractivity contribution in [2.24, 2.45) is 5.73 Å². The molecular weight excluding hydrogens is 392 g/mol. The first-order valence-corrected chi connectivity index (χ1v) is 9.62. The van der Waals surface area contributed by atoms with Gasteiger partial charge in [-0.3, -0.25) is 9.59 Å². The predicted molar refractivity (Wildman–Crippen MR) is 120 cm³/mol. The van der Waals surface area contributed by atoms with Crippen molar-refractivity contribution in [3.63, 3.8) is 0 Å². The number of nitrogens with one attached hydrogen (secondary N) is 2. The molecule has 7 nitrogen and oxygen atoms in total. The number of phenolic OH excluding ortho intramolecular Hbond substituents is 1. The minimum atomic E-state index is -0.524. The van der Waals surface area contributed by atoms with Gasteiger partial charge in [0.2, 0.25) is 11.8 Å². The second-order valence-corrected chi connectivity index (χ2v) is 7.02. The summed E-state index contributed by atoms with van der Waals surface area (Å²) in [5.74, 6) is -0.260. The van der Waals surface area contributed by atoms with Crippen LogP contribution in [0.3, 0.4) is 0 Å². The number of rotatable bonds is 6. The normalized spacial score (nSPS) is 11.4. The second kappa shape index (κ2) is 8.54. The second-order valence-electron chi connectivity index (χ2n) is 7.02. The number of carbonyl (C=O) groups is 2. The molecule has 0 aliphatic rings. The number of nitrogens with two attached hydrogens (primary N) is 1. The summed E-state index contributed by atoms with van der Waals surface area (Å²) in [5.41, 5.74) is 8.74. The van der Waals surface area contributed by atoms with Gasteiger partial charge in [-0.1, -0.05) is 42.5 Å². The molecule has 0 unspecified atom stereocenters. The van der Waals surface area contributed by atoms with Crippen LogP contribution in [0.1, 0.15) is 16.7 Å². The number of anilines is 1. The number of hydrogen-bond acceptors (Lipinski definition) is 4. The Labute approximate surface area is 178 Å². The van der Waals surface area contributed by atoms with Gasteiger partial charge < -0.3 is 21.1 Å². The molecule has 0 saturated carbocycles. The van der Waals surface area contributed by atoms with E-state index in [2.05, 4.69) is 15.3 Å². The molecule has 0 aliphatic carbocycles. The van der Waals surface area contributed by atoms with Gasteiger partial charge in [-0.2, -0.15) is 0 Å². The zero-order valence-corrected chi connectivity index (χ0v) is 16.5. The first-order valence-electron chi connectivity index (χ1n) is 9.62. The molecule has 0 aliphatic heterocycles. The molecule has 5 N–H and O–H groups in total. The number of pyridine rings is 1. The van der Waals surface area contributed by atoms with E-state index in [1.807, 2.05) is 36.4 Å². The van der Waals surface area contributed by atoms with Gasteiger partial charge in [0.05, 0.1) is 6.42 Å². The van der Waals surface area contributed by atoms with Crippen LogP contribution in [-0.4, -0.2) is 26.9 Å². The number of aromatic amines is 1. The lowest BCUT2D eigenvalue weighted by atomic mass is 10.0. The van der Waals surface area contributed by atoms with Crippen molar-refractivity contribution in [2.75, 3.05) is 5.32 Å². The number of phenols is 1. The summed E-state index contributed by atoms with van der Waals surface area (Å²) >= 11 is 0. The number of nitrogens with zero attached hydrogens (tertiary/aromatic N) is 1. The van der Waals surface area contributed by atoms with Crippen molar-refractivity contribution in [1.82, 2.24) is 9.97 Å². The molecular formula is C24H20N4O3. The number of H-pyrrole nitrogens is 1. The van der Waals surface area contributed by atoms with Gasteiger partial charge in [0, 0.05) is 22.7 Å². The molecule has 2 aromatic heterocycles. The molecule has 2 aromatic carbocycles. The third kappa shape index (κ3) is 4.62. The van der Waals surface area contributed by atoms with Crippen LogP contribution in [0, 0.1) is 0 Å². The number of hydrogen-bond donors (Lipinski definition) is 4. The van der Waals surface area contributed by atoms with E-state index in [0.29, 0.717) is 22.6 Å². The Morgan fingerprint density at radius 2 is 1.87 bits per heavy atom. The van der Waals surface area contributed by atoms with Crippen LogP contribution in [-0.2, 0) is 16.0 Å². The zero-order chi connectivity index (χ0) is 21.8. The van der Waals surface area contributed by atoms with E-state index >= 15 is 0 Å². The maximum atomic E-state index is 12.3. The Bertz CT molecular complexity index is 1290. The molecule has 0 atom stereocenters. The molecule has 0 radical (unpaired) electrons. The van der Waals surface area contributed by atoms with Gasteiger partial charge in [0.25, 0.3) is 0 Å². The van der Waals surface area contributed by atoms with E-state index in [1.165, 1.54) is 0 Å². The smallest absolute Gasteiger partial charge is 0.249 e. The number of carbonyl (C=O) groups excluding carboxylic acids is 2. The number of amides is 2. The molecule has 7 heteroatoms. The van der Waals surface area contributed by atoms with E-state index in [-0.39, 0.29) is 18.1 Å². The molecule has 0 spiro atoms. The third-order valence-corrected chi connectivity index (χ3v) is 4.76. The standard InChI is InChI=1S/C24H20N4O3/c25-23(31)20(16-6-2-1-3-7-16)13-17-14-26-24-19(17)9-10-21(28-24)27-22(30)12-15-5-4-8-18(29)11-15/h1-11,13-14,29H,12H2,(H2,25,31)(H2,26,27,28,30)/b20-13+. The lowest BCUT2D eigenvalue weighted by Gasteiger charge is -2.06. The van der Waals surface area contributed by atoms with Gasteiger partial charge in [-0.05, 0) is 41.5 Å². The minimum absolute atomic E-state index is 0.114. The number of primary amides is 1. The summed E-state index contributed by atoms with van der Waals surface area (Å²) in [5, 5.41) is 13.1. The molecule has 0 bridgehead atoms. The van der Waals surface area contributed by atoms with Crippen LogP contribution in [0.25, 0.3) is 22.7 Å². The average Bonchev–Trinajstić information content (AvgIpc) is 3.14. The SMILES string of the molecule is NC(=O)/C(=C/c1c[nH]c2nc(NC(=O)Cc3cccc(O)c3)ccc12)c1ccccc1. The number of aromatic nitrogens is 2. The molecule has 2 amide bonds. The lowest BCUT2D eigenvalue weighted by molar-refractivity contribution is -0.115. The van der Waals surface area contributed by atoms with E-state index in [4.69, 9.17) is 5.73 Å². The van der Waals surface area contributed by atoms with Crippen LogP contribution < -0.4 is 11.1 Å². The Kier molecular flexibility index (Phi) is 5.49. The van der Waals surface area contributed by atoms with Crippen LogP contribution in [0.15, 0.2) is 72.9 Å². The lowest BCUT2D eigenvalue weighted by Crippen LogP contribution is -2.15. The Morgan fingerprint density at radius 3 is 2.61 bits per heavy atom. The van der Waals surface area contributed by atoms with Crippen molar-refractivity contribution in [3.05, 3.63) is 89.6 Å². The van der Waals surface area contributed by atoms with E-state index in [9.17, 15) is 14.7 Å². The molecule has 0 fully saturated rings. The maximum absolute atomic E-state index is 12.3. The molecule has 154 valence electrons. The quantitative estimate of drug-likeness (QED) is 0.362.